The molecule has 0 radical (unpaired) electrons. The van der Waals surface area contributed by atoms with Gasteiger partial charge >= 0.3 is 5.97 Å². The molecule has 0 aliphatic carbocycles. The second kappa shape index (κ2) is 5.31. The van der Waals surface area contributed by atoms with Crippen LogP contribution in [0.4, 0.5) is 8.78 Å². The minimum Gasteiger partial charge on any atom is -0.480 e. The molecular formula is C5H9F2NO2S. The lowest BCUT2D eigenvalue weighted by atomic mass is 10.2. The summed E-state index contributed by atoms with van der Waals surface area (Å²) in [6.45, 7) is -2.80. The number of carboxylic acid groups (broad SMARTS) is 1. The first-order valence-corrected chi connectivity index (χ1v) is 3.59. The highest BCUT2D eigenvalue weighted by atomic mass is 32.1. The van der Waals surface area contributed by atoms with E-state index in [9.17, 15) is 13.6 Å². The van der Waals surface area contributed by atoms with Gasteiger partial charge in [-0.05, 0) is 12.2 Å². The van der Waals surface area contributed by atoms with E-state index in [0.29, 0.717) is 0 Å². The molecule has 0 bridgehead atoms. The maximum Gasteiger partial charge on any atom is 0.320 e. The van der Waals surface area contributed by atoms with Crippen LogP contribution in [-0.2, 0) is 4.79 Å². The van der Waals surface area contributed by atoms with Crippen LogP contribution in [0.1, 0.15) is 6.42 Å². The Labute approximate surface area is 68.2 Å². The minimum atomic E-state index is -2.80. The van der Waals surface area contributed by atoms with E-state index in [-0.39, 0.29) is 12.2 Å². The maximum atomic E-state index is 11.6. The van der Waals surface area contributed by atoms with Crippen molar-refractivity contribution in [2.45, 2.75) is 19.0 Å². The SMILES string of the molecule is O=C(O)[C@H](CCS)NC(F)F. The van der Waals surface area contributed by atoms with Gasteiger partial charge in [0.05, 0.1) is 0 Å². The molecule has 0 rings (SSSR count). The number of carbonyl (C=O) groups is 1. The molecule has 0 aromatic heterocycles. The molecule has 6 heteroatoms. The monoisotopic (exact) mass is 185 g/mol. The Bertz CT molecular complexity index is 134. The highest BCUT2D eigenvalue weighted by molar-refractivity contribution is 7.80. The first-order valence-electron chi connectivity index (χ1n) is 2.95. The van der Waals surface area contributed by atoms with Crippen molar-refractivity contribution < 1.29 is 18.7 Å². The average molecular weight is 185 g/mol. The molecule has 0 aromatic rings. The predicted octanol–water partition coefficient (Wildman–Crippen LogP) is 0.572. The number of halogens is 2. The third-order valence-corrected chi connectivity index (χ3v) is 1.30. The summed E-state index contributed by atoms with van der Waals surface area (Å²) in [6.07, 6.45) is 0.0861. The highest BCUT2D eigenvalue weighted by Crippen LogP contribution is 1.98. The van der Waals surface area contributed by atoms with Gasteiger partial charge in [0.1, 0.15) is 6.04 Å². The molecule has 66 valence electrons. The Balaban J connectivity index is 3.79. The normalized spacial score (nSPS) is 13.5. The van der Waals surface area contributed by atoms with Crippen molar-refractivity contribution in [2.75, 3.05) is 5.75 Å². The standard InChI is InChI=1S/C5H9F2NO2S/c6-5(7)8-3(1-2-11)4(9)10/h3,5,8,11H,1-2H2,(H,9,10)/t3-/m0/s1. The molecule has 0 aromatic carbocycles. The summed E-state index contributed by atoms with van der Waals surface area (Å²) < 4.78 is 23.1. The summed E-state index contributed by atoms with van der Waals surface area (Å²) >= 11 is 3.73. The Hall–Kier alpha value is -0.360. The first-order chi connectivity index (χ1) is 5.07. The third-order valence-electron chi connectivity index (χ3n) is 1.04. The number of nitrogens with one attached hydrogen (secondary N) is 1. The van der Waals surface area contributed by atoms with Crippen molar-refractivity contribution in [3.8, 4) is 0 Å². The third kappa shape index (κ3) is 4.97. The Morgan fingerprint density at radius 1 is 1.64 bits per heavy atom. The fourth-order valence-corrected chi connectivity index (χ4v) is 0.817. The zero-order valence-corrected chi connectivity index (χ0v) is 6.52. The van der Waals surface area contributed by atoms with E-state index in [4.69, 9.17) is 5.11 Å². The van der Waals surface area contributed by atoms with E-state index in [2.05, 4.69) is 12.6 Å². The van der Waals surface area contributed by atoms with Crippen LogP contribution >= 0.6 is 12.6 Å². The van der Waals surface area contributed by atoms with Crippen LogP contribution < -0.4 is 5.32 Å². The molecule has 2 N–H and O–H groups in total. The second-order valence-corrected chi connectivity index (χ2v) is 2.32. The summed E-state index contributed by atoms with van der Waals surface area (Å²) in [4.78, 5) is 10.2. The van der Waals surface area contributed by atoms with Crippen molar-refractivity contribution in [3.63, 3.8) is 0 Å². The summed E-state index contributed by atoms with van der Waals surface area (Å²) in [7, 11) is 0. The molecule has 11 heavy (non-hydrogen) atoms. The topological polar surface area (TPSA) is 49.3 Å². The quantitative estimate of drug-likeness (QED) is 0.433. The molecule has 0 fully saturated rings. The molecule has 3 nitrogen and oxygen atoms in total. The van der Waals surface area contributed by atoms with Crippen LogP contribution in [0.25, 0.3) is 0 Å². The Kier molecular flexibility index (Phi) is 5.14. The molecule has 0 aliphatic rings. The van der Waals surface area contributed by atoms with Crippen molar-refractivity contribution in [3.05, 3.63) is 0 Å². The van der Waals surface area contributed by atoms with Gasteiger partial charge in [0.2, 0.25) is 0 Å². The Morgan fingerprint density at radius 2 is 2.18 bits per heavy atom. The van der Waals surface area contributed by atoms with Crippen LogP contribution in [0.15, 0.2) is 0 Å². The highest BCUT2D eigenvalue weighted by Gasteiger charge is 2.19. The summed E-state index contributed by atoms with van der Waals surface area (Å²) in [5.41, 5.74) is 0. The molecule has 0 saturated carbocycles. The number of hydrogen-bond donors (Lipinski definition) is 3. The van der Waals surface area contributed by atoms with Gasteiger partial charge in [0, 0.05) is 0 Å². The number of thiol groups is 1. The fraction of sp³-hybridized carbons (Fsp3) is 0.800. The lowest BCUT2D eigenvalue weighted by Crippen LogP contribution is -2.40. The lowest BCUT2D eigenvalue weighted by molar-refractivity contribution is -0.141. The van der Waals surface area contributed by atoms with E-state index in [0.717, 1.165) is 0 Å². The predicted molar refractivity (Wildman–Crippen MR) is 39.0 cm³/mol. The van der Waals surface area contributed by atoms with E-state index < -0.39 is 18.6 Å². The molecule has 0 unspecified atom stereocenters. The van der Waals surface area contributed by atoms with Gasteiger partial charge < -0.3 is 5.11 Å². The Morgan fingerprint density at radius 3 is 2.45 bits per heavy atom. The van der Waals surface area contributed by atoms with E-state index >= 15 is 0 Å². The van der Waals surface area contributed by atoms with Gasteiger partial charge in [-0.2, -0.15) is 21.4 Å². The molecule has 1 atom stereocenters. The smallest absolute Gasteiger partial charge is 0.320 e. The van der Waals surface area contributed by atoms with Crippen LogP contribution in [0.3, 0.4) is 0 Å². The molecular weight excluding hydrogens is 176 g/mol. The van der Waals surface area contributed by atoms with Gasteiger partial charge in [-0.1, -0.05) is 0 Å². The van der Waals surface area contributed by atoms with Crippen molar-refractivity contribution in [1.82, 2.24) is 5.32 Å². The summed E-state index contributed by atoms with van der Waals surface area (Å²) in [5.74, 6) is -1.02. The zero-order valence-electron chi connectivity index (χ0n) is 5.63. The number of aliphatic carboxylic acids is 1. The number of rotatable bonds is 5. The largest absolute Gasteiger partial charge is 0.480 e. The van der Waals surface area contributed by atoms with E-state index in [1.165, 1.54) is 0 Å². The van der Waals surface area contributed by atoms with Gasteiger partial charge in [0.15, 0.2) is 0 Å². The van der Waals surface area contributed by atoms with Crippen molar-refractivity contribution in [1.29, 1.82) is 0 Å². The van der Waals surface area contributed by atoms with Crippen molar-refractivity contribution in [2.24, 2.45) is 0 Å². The summed E-state index contributed by atoms with van der Waals surface area (Å²) in [6, 6.07) is -1.20. The first kappa shape index (κ1) is 10.6. The van der Waals surface area contributed by atoms with Crippen LogP contribution in [-0.4, -0.2) is 29.4 Å². The zero-order chi connectivity index (χ0) is 8.85. The van der Waals surface area contributed by atoms with Gasteiger partial charge in [-0.25, -0.2) is 5.32 Å². The maximum absolute atomic E-state index is 11.6. The lowest BCUT2D eigenvalue weighted by Gasteiger charge is -2.11. The van der Waals surface area contributed by atoms with Crippen molar-refractivity contribution >= 4 is 18.6 Å². The molecule has 0 saturated heterocycles. The van der Waals surface area contributed by atoms with Crippen LogP contribution in [0.2, 0.25) is 0 Å². The number of carboxylic acids is 1. The molecule has 0 heterocycles. The number of alkyl halides is 2. The fourth-order valence-electron chi connectivity index (χ4n) is 0.559. The van der Waals surface area contributed by atoms with Gasteiger partial charge in [-0.3, -0.25) is 4.79 Å². The number of hydrogen-bond acceptors (Lipinski definition) is 3. The van der Waals surface area contributed by atoms with Gasteiger partial charge in [-0.15, -0.1) is 0 Å². The molecule has 0 aliphatic heterocycles. The summed E-state index contributed by atoms with van der Waals surface area (Å²) in [5, 5.41) is 9.92. The van der Waals surface area contributed by atoms with E-state index in [1.807, 2.05) is 0 Å². The second-order valence-electron chi connectivity index (χ2n) is 1.87. The average Bonchev–Trinajstić information content (AvgIpc) is 1.86. The molecule has 0 spiro atoms. The molecule has 0 amide bonds. The van der Waals surface area contributed by atoms with E-state index in [1.54, 1.807) is 5.32 Å². The van der Waals surface area contributed by atoms with Crippen LogP contribution in [0, 0.1) is 0 Å². The van der Waals surface area contributed by atoms with Gasteiger partial charge in [0.25, 0.3) is 6.55 Å². The van der Waals surface area contributed by atoms with Crippen LogP contribution in [0.5, 0.6) is 0 Å². The minimum absolute atomic E-state index is 0.0861.